The fraction of sp³-hybridized carbons (Fsp3) is 0.261. The van der Waals surface area contributed by atoms with Crippen LogP contribution in [0.3, 0.4) is 0 Å². The molecule has 1 aliphatic rings. The van der Waals surface area contributed by atoms with Crippen molar-refractivity contribution in [3.63, 3.8) is 0 Å². The number of ether oxygens (including phenoxy) is 1. The summed E-state index contributed by atoms with van der Waals surface area (Å²) in [6.45, 7) is 6.48. The van der Waals surface area contributed by atoms with Crippen molar-refractivity contribution in [1.82, 2.24) is 4.90 Å². The van der Waals surface area contributed by atoms with Crippen LogP contribution >= 0.6 is 11.6 Å². The molecule has 144 valence electrons. The van der Waals surface area contributed by atoms with Crippen LogP contribution in [0.25, 0.3) is 10.8 Å². The predicted octanol–water partition coefficient (Wildman–Crippen LogP) is 5.33. The third-order valence-electron chi connectivity index (χ3n) is 5.23. The number of anilines is 2. The lowest BCUT2D eigenvalue weighted by molar-refractivity contribution is 0.0304. The summed E-state index contributed by atoms with van der Waals surface area (Å²) in [6, 6.07) is 15.9. The number of hydrogen-bond donors (Lipinski definition) is 1. The van der Waals surface area contributed by atoms with E-state index in [4.69, 9.17) is 16.3 Å². The number of hydrogen-bond acceptors (Lipinski definition) is 3. The number of carbonyl (C=O) groups is 1. The van der Waals surface area contributed by atoms with E-state index in [1.165, 1.54) is 0 Å². The highest BCUT2D eigenvalue weighted by molar-refractivity contribution is 6.31. The van der Waals surface area contributed by atoms with Crippen LogP contribution in [-0.2, 0) is 4.74 Å². The van der Waals surface area contributed by atoms with E-state index in [2.05, 4.69) is 11.4 Å². The van der Waals surface area contributed by atoms with Crippen molar-refractivity contribution in [3.05, 3.63) is 70.2 Å². The second-order valence-electron chi connectivity index (χ2n) is 7.15. The molecule has 1 fully saturated rings. The van der Waals surface area contributed by atoms with Gasteiger partial charge < -0.3 is 15.0 Å². The van der Waals surface area contributed by atoms with Gasteiger partial charge >= 0.3 is 0 Å². The van der Waals surface area contributed by atoms with Gasteiger partial charge in [0.05, 0.1) is 13.2 Å². The van der Waals surface area contributed by atoms with Crippen molar-refractivity contribution < 1.29 is 9.53 Å². The molecule has 1 amide bonds. The predicted molar refractivity (Wildman–Crippen MR) is 115 cm³/mol. The monoisotopic (exact) mass is 394 g/mol. The fourth-order valence-electron chi connectivity index (χ4n) is 3.64. The van der Waals surface area contributed by atoms with Gasteiger partial charge in [0.25, 0.3) is 5.91 Å². The van der Waals surface area contributed by atoms with E-state index in [-0.39, 0.29) is 5.91 Å². The van der Waals surface area contributed by atoms with Crippen LogP contribution in [0.15, 0.2) is 48.5 Å². The second-order valence-corrected chi connectivity index (χ2v) is 7.56. The minimum absolute atomic E-state index is 0.0625. The Morgan fingerprint density at radius 2 is 1.82 bits per heavy atom. The summed E-state index contributed by atoms with van der Waals surface area (Å²) in [5.41, 5.74) is 4.74. The average Bonchev–Trinajstić information content (AvgIpc) is 2.71. The summed E-state index contributed by atoms with van der Waals surface area (Å²) < 4.78 is 5.39. The van der Waals surface area contributed by atoms with E-state index < -0.39 is 0 Å². The van der Waals surface area contributed by atoms with Crippen LogP contribution in [0.1, 0.15) is 21.5 Å². The summed E-state index contributed by atoms with van der Waals surface area (Å²) >= 11 is 6.28. The number of halogens is 1. The highest BCUT2D eigenvalue weighted by atomic mass is 35.5. The van der Waals surface area contributed by atoms with Crippen molar-refractivity contribution in [1.29, 1.82) is 0 Å². The standard InChI is InChI=1S/C23H23ClN2O2/c1-15-6-7-17(14-20(15)24)25-21-9-8-19(22-16(2)4-3-5-18(21)22)23(27)26-10-12-28-13-11-26/h3-9,14,25H,10-13H2,1-2H3. The molecular weight excluding hydrogens is 372 g/mol. The van der Waals surface area contributed by atoms with Gasteiger partial charge in [-0.15, -0.1) is 0 Å². The maximum Gasteiger partial charge on any atom is 0.254 e. The Balaban J connectivity index is 1.76. The Morgan fingerprint density at radius 3 is 2.57 bits per heavy atom. The molecule has 1 aliphatic heterocycles. The minimum atomic E-state index is 0.0625. The van der Waals surface area contributed by atoms with E-state index in [0.717, 1.165) is 43.9 Å². The molecule has 28 heavy (non-hydrogen) atoms. The van der Waals surface area contributed by atoms with Crippen molar-refractivity contribution in [2.75, 3.05) is 31.6 Å². The topological polar surface area (TPSA) is 41.6 Å². The molecule has 4 rings (SSSR count). The van der Waals surface area contributed by atoms with E-state index in [1.54, 1.807) is 0 Å². The molecule has 0 spiro atoms. The lowest BCUT2D eigenvalue weighted by Gasteiger charge is -2.27. The van der Waals surface area contributed by atoms with Crippen LogP contribution in [-0.4, -0.2) is 37.1 Å². The van der Waals surface area contributed by atoms with Gasteiger partial charge in [0.2, 0.25) is 0 Å². The number of nitrogens with one attached hydrogen (secondary N) is 1. The molecule has 3 aromatic rings. The molecule has 0 atom stereocenters. The van der Waals surface area contributed by atoms with E-state index in [0.29, 0.717) is 26.3 Å². The number of aryl methyl sites for hydroxylation is 2. The first-order valence-corrected chi connectivity index (χ1v) is 9.85. The number of benzene rings is 3. The van der Waals surface area contributed by atoms with Gasteiger partial charge in [-0.3, -0.25) is 4.79 Å². The quantitative estimate of drug-likeness (QED) is 0.653. The molecule has 0 aliphatic carbocycles. The summed E-state index contributed by atoms with van der Waals surface area (Å²) in [4.78, 5) is 15.0. The Morgan fingerprint density at radius 1 is 1.04 bits per heavy atom. The molecule has 5 heteroatoms. The molecule has 1 saturated heterocycles. The van der Waals surface area contributed by atoms with Gasteiger partial charge in [0.1, 0.15) is 0 Å². The van der Waals surface area contributed by atoms with Crippen LogP contribution < -0.4 is 5.32 Å². The average molecular weight is 395 g/mol. The minimum Gasteiger partial charge on any atom is -0.378 e. The maximum absolute atomic E-state index is 13.2. The van der Waals surface area contributed by atoms with E-state index in [9.17, 15) is 4.79 Å². The summed E-state index contributed by atoms with van der Waals surface area (Å²) in [5.74, 6) is 0.0625. The summed E-state index contributed by atoms with van der Waals surface area (Å²) in [6.07, 6.45) is 0. The number of morpholine rings is 1. The zero-order valence-electron chi connectivity index (χ0n) is 16.1. The normalized spacial score (nSPS) is 14.3. The molecule has 0 radical (unpaired) electrons. The highest BCUT2D eigenvalue weighted by Gasteiger charge is 2.22. The molecule has 1 N–H and O–H groups in total. The first kappa shape index (κ1) is 18.8. The van der Waals surface area contributed by atoms with Gasteiger partial charge in [-0.25, -0.2) is 0 Å². The first-order valence-electron chi connectivity index (χ1n) is 9.47. The van der Waals surface area contributed by atoms with Gasteiger partial charge in [-0.05, 0) is 54.6 Å². The van der Waals surface area contributed by atoms with Crippen LogP contribution in [0.2, 0.25) is 5.02 Å². The number of fused-ring (bicyclic) bond motifs is 1. The maximum atomic E-state index is 13.2. The van der Waals surface area contributed by atoms with Gasteiger partial charge in [-0.1, -0.05) is 35.9 Å². The Labute approximate surface area is 170 Å². The van der Waals surface area contributed by atoms with Gasteiger partial charge in [0.15, 0.2) is 0 Å². The summed E-state index contributed by atoms with van der Waals surface area (Å²) in [7, 11) is 0. The molecule has 0 saturated carbocycles. The first-order chi connectivity index (χ1) is 13.5. The zero-order valence-corrected chi connectivity index (χ0v) is 16.8. The van der Waals surface area contributed by atoms with Crippen LogP contribution in [0.4, 0.5) is 11.4 Å². The smallest absolute Gasteiger partial charge is 0.254 e. The largest absolute Gasteiger partial charge is 0.378 e. The SMILES string of the molecule is Cc1ccc(Nc2ccc(C(=O)N3CCOCC3)c3c(C)cccc23)cc1Cl. The highest BCUT2D eigenvalue weighted by Crippen LogP contribution is 2.33. The zero-order chi connectivity index (χ0) is 19.7. The number of carbonyl (C=O) groups excluding carboxylic acids is 1. The van der Waals surface area contributed by atoms with Crippen molar-refractivity contribution in [2.24, 2.45) is 0 Å². The molecule has 1 heterocycles. The van der Waals surface area contributed by atoms with Crippen LogP contribution in [0.5, 0.6) is 0 Å². The molecule has 3 aromatic carbocycles. The van der Waals surface area contributed by atoms with E-state index >= 15 is 0 Å². The van der Waals surface area contributed by atoms with Crippen molar-refractivity contribution in [2.45, 2.75) is 13.8 Å². The molecule has 0 aromatic heterocycles. The third kappa shape index (κ3) is 3.58. The van der Waals surface area contributed by atoms with Gasteiger partial charge in [-0.2, -0.15) is 0 Å². The molecule has 4 nitrogen and oxygen atoms in total. The lowest BCUT2D eigenvalue weighted by Crippen LogP contribution is -2.40. The number of nitrogens with zero attached hydrogens (tertiary/aromatic N) is 1. The number of rotatable bonds is 3. The van der Waals surface area contributed by atoms with Crippen LogP contribution in [0, 0.1) is 13.8 Å². The van der Waals surface area contributed by atoms with E-state index in [1.807, 2.05) is 61.2 Å². The second kappa shape index (κ2) is 7.82. The number of amides is 1. The fourth-order valence-corrected chi connectivity index (χ4v) is 3.82. The molecule has 0 bridgehead atoms. The molecule has 0 unspecified atom stereocenters. The van der Waals surface area contributed by atoms with Gasteiger partial charge in [0, 0.05) is 40.4 Å². The van der Waals surface area contributed by atoms with Crippen molar-refractivity contribution >= 4 is 39.7 Å². The third-order valence-corrected chi connectivity index (χ3v) is 5.64. The lowest BCUT2D eigenvalue weighted by atomic mass is 9.97. The Kier molecular flexibility index (Phi) is 5.25. The Bertz CT molecular complexity index is 1040. The Hall–Kier alpha value is -2.56. The van der Waals surface area contributed by atoms with Crippen molar-refractivity contribution in [3.8, 4) is 0 Å². The summed E-state index contributed by atoms with van der Waals surface area (Å²) in [5, 5.41) is 6.20. The molecular formula is C23H23ClN2O2.